The standard InChI is InChI=1S/C11H21N3O2/c1-11(4-2-3-5-11)7-14-10(16)8(12)6-9(13)15/h8H,2-7,12H2,1H3,(H2,13,15)(H,14,16). The van der Waals surface area contributed by atoms with Gasteiger partial charge in [-0.2, -0.15) is 0 Å². The lowest BCUT2D eigenvalue weighted by Gasteiger charge is -2.24. The maximum atomic E-state index is 11.5. The summed E-state index contributed by atoms with van der Waals surface area (Å²) in [5.74, 6) is -0.832. The summed E-state index contributed by atoms with van der Waals surface area (Å²) in [4.78, 5) is 22.1. The molecule has 0 aliphatic heterocycles. The number of rotatable bonds is 5. The van der Waals surface area contributed by atoms with E-state index in [9.17, 15) is 9.59 Å². The normalized spacial score (nSPS) is 20.4. The fourth-order valence-corrected chi connectivity index (χ4v) is 2.15. The van der Waals surface area contributed by atoms with Gasteiger partial charge in [0.25, 0.3) is 0 Å². The summed E-state index contributed by atoms with van der Waals surface area (Å²) in [7, 11) is 0. The molecule has 0 aromatic rings. The summed E-state index contributed by atoms with van der Waals surface area (Å²) in [6.45, 7) is 2.80. The minimum Gasteiger partial charge on any atom is -0.370 e. The minimum absolute atomic E-state index is 0.0947. The highest BCUT2D eigenvalue weighted by Gasteiger charge is 2.29. The lowest BCUT2D eigenvalue weighted by atomic mass is 9.89. The molecule has 0 saturated heterocycles. The van der Waals surface area contributed by atoms with E-state index in [2.05, 4.69) is 12.2 Å². The van der Waals surface area contributed by atoms with Gasteiger partial charge in [-0.05, 0) is 18.3 Å². The van der Waals surface area contributed by atoms with Crippen molar-refractivity contribution in [2.45, 2.75) is 45.1 Å². The third-order valence-corrected chi connectivity index (χ3v) is 3.26. The zero-order valence-corrected chi connectivity index (χ0v) is 9.79. The number of amides is 2. The smallest absolute Gasteiger partial charge is 0.237 e. The van der Waals surface area contributed by atoms with Gasteiger partial charge in [-0.1, -0.05) is 19.8 Å². The van der Waals surface area contributed by atoms with Gasteiger partial charge in [-0.15, -0.1) is 0 Å². The highest BCUT2D eigenvalue weighted by atomic mass is 16.2. The summed E-state index contributed by atoms with van der Waals surface area (Å²) in [6, 6.07) is -0.817. The van der Waals surface area contributed by atoms with E-state index >= 15 is 0 Å². The topological polar surface area (TPSA) is 98.2 Å². The number of hydrogen-bond donors (Lipinski definition) is 3. The molecule has 1 rings (SSSR count). The van der Waals surface area contributed by atoms with Gasteiger partial charge < -0.3 is 16.8 Å². The van der Waals surface area contributed by atoms with E-state index in [4.69, 9.17) is 11.5 Å². The average molecular weight is 227 g/mol. The van der Waals surface area contributed by atoms with Crippen LogP contribution in [-0.2, 0) is 9.59 Å². The Bertz CT molecular complexity index is 272. The van der Waals surface area contributed by atoms with E-state index in [-0.39, 0.29) is 17.7 Å². The average Bonchev–Trinajstić information content (AvgIpc) is 2.61. The molecule has 0 bridgehead atoms. The molecule has 2 amide bonds. The SMILES string of the molecule is CC1(CNC(=O)C(N)CC(N)=O)CCCC1. The van der Waals surface area contributed by atoms with Gasteiger partial charge in [0.15, 0.2) is 0 Å². The number of carbonyl (C=O) groups excluding carboxylic acids is 2. The van der Waals surface area contributed by atoms with E-state index in [0.29, 0.717) is 6.54 Å². The Hall–Kier alpha value is -1.10. The van der Waals surface area contributed by atoms with Crippen LogP contribution in [0.25, 0.3) is 0 Å². The van der Waals surface area contributed by atoms with Crippen LogP contribution >= 0.6 is 0 Å². The molecule has 0 heterocycles. The Morgan fingerprint density at radius 2 is 1.94 bits per heavy atom. The van der Waals surface area contributed by atoms with Crippen molar-refractivity contribution in [1.82, 2.24) is 5.32 Å². The summed E-state index contributed by atoms with van der Waals surface area (Å²) in [5.41, 5.74) is 10.7. The molecule has 0 spiro atoms. The molecule has 16 heavy (non-hydrogen) atoms. The Morgan fingerprint density at radius 1 is 1.38 bits per heavy atom. The quantitative estimate of drug-likeness (QED) is 0.611. The Labute approximate surface area is 95.9 Å². The highest BCUT2D eigenvalue weighted by molar-refractivity contribution is 5.87. The van der Waals surface area contributed by atoms with Gasteiger partial charge in [0.1, 0.15) is 0 Å². The molecule has 1 unspecified atom stereocenters. The van der Waals surface area contributed by atoms with Crippen LogP contribution in [-0.4, -0.2) is 24.4 Å². The van der Waals surface area contributed by atoms with Crippen LogP contribution in [0.1, 0.15) is 39.0 Å². The van der Waals surface area contributed by atoms with Crippen molar-refractivity contribution in [3.63, 3.8) is 0 Å². The van der Waals surface area contributed by atoms with Crippen LogP contribution in [0, 0.1) is 5.41 Å². The van der Waals surface area contributed by atoms with Crippen LogP contribution in [0.2, 0.25) is 0 Å². The first-order valence-corrected chi connectivity index (χ1v) is 5.74. The molecule has 5 N–H and O–H groups in total. The third-order valence-electron chi connectivity index (χ3n) is 3.26. The predicted octanol–water partition coefficient (Wildman–Crippen LogP) is -0.114. The number of carbonyl (C=O) groups is 2. The largest absolute Gasteiger partial charge is 0.370 e. The van der Waals surface area contributed by atoms with E-state index in [0.717, 1.165) is 12.8 Å². The van der Waals surface area contributed by atoms with E-state index < -0.39 is 11.9 Å². The predicted molar refractivity (Wildman–Crippen MR) is 61.4 cm³/mol. The van der Waals surface area contributed by atoms with Crippen molar-refractivity contribution in [3.8, 4) is 0 Å². The van der Waals surface area contributed by atoms with Crippen LogP contribution in [0.3, 0.4) is 0 Å². The first-order valence-electron chi connectivity index (χ1n) is 5.74. The van der Waals surface area contributed by atoms with Gasteiger partial charge in [-0.3, -0.25) is 9.59 Å². The molecular formula is C11H21N3O2. The molecule has 1 atom stereocenters. The molecule has 5 heteroatoms. The fraction of sp³-hybridized carbons (Fsp3) is 0.818. The zero-order chi connectivity index (χ0) is 12.2. The van der Waals surface area contributed by atoms with Gasteiger partial charge in [0.2, 0.25) is 11.8 Å². The maximum absolute atomic E-state index is 11.5. The van der Waals surface area contributed by atoms with Crippen molar-refractivity contribution in [2.75, 3.05) is 6.54 Å². The summed E-state index contributed by atoms with van der Waals surface area (Å²) in [6.07, 6.45) is 4.62. The Kier molecular flexibility index (Phi) is 4.29. The molecule has 0 aromatic heterocycles. The Balaban J connectivity index is 2.31. The van der Waals surface area contributed by atoms with E-state index in [1.165, 1.54) is 12.8 Å². The highest BCUT2D eigenvalue weighted by Crippen LogP contribution is 2.36. The third kappa shape index (κ3) is 3.81. The zero-order valence-electron chi connectivity index (χ0n) is 9.79. The number of nitrogens with one attached hydrogen (secondary N) is 1. The van der Waals surface area contributed by atoms with Gasteiger partial charge >= 0.3 is 0 Å². The van der Waals surface area contributed by atoms with Crippen molar-refractivity contribution in [1.29, 1.82) is 0 Å². The summed E-state index contributed by atoms with van der Waals surface area (Å²) in [5, 5.41) is 2.80. The number of primary amides is 1. The second kappa shape index (κ2) is 5.30. The molecule has 1 saturated carbocycles. The summed E-state index contributed by atoms with van der Waals surface area (Å²) < 4.78 is 0. The molecule has 92 valence electrons. The summed E-state index contributed by atoms with van der Waals surface area (Å²) >= 11 is 0. The Morgan fingerprint density at radius 3 is 2.44 bits per heavy atom. The van der Waals surface area contributed by atoms with E-state index in [1.807, 2.05) is 0 Å². The number of hydrogen-bond acceptors (Lipinski definition) is 3. The van der Waals surface area contributed by atoms with Crippen LogP contribution < -0.4 is 16.8 Å². The lowest BCUT2D eigenvalue weighted by Crippen LogP contribution is -2.45. The van der Waals surface area contributed by atoms with Gasteiger partial charge in [0.05, 0.1) is 12.5 Å². The lowest BCUT2D eigenvalue weighted by molar-refractivity contribution is -0.126. The van der Waals surface area contributed by atoms with E-state index in [1.54, 1.807) is 0 Å². The van der Waals surface area contributed by atoms with Gasteiger partial charge in [0, 0.05) is 6.54 Å². The van der Waals surface area contributed by atoms with Crippen LogP contribution in [0.5, 0.6) is 0 Å². The van der Waals surface area contributed by atoms with Gasteiger partial charge in [-0.25, -0.2) is 0 Å². The first-order chi connectivity index (χ1) is 7.43. The molecule has 0 aromatic carbocycles. The second-order valence-electron chi connectivity index (χ2n) is 5.01. The fourth-order valence-electron chi connectivity index (χ4n) is 2.15. The minimum atomic E-state index is -0.817. The molecule has 1 fully saturated rings. The number of nitrogens with two attached hydrogens (primary N) is 2. The molecule has 1 aliphatic carbocycles. The molecular weight excluding hydrogens is 206 g/mol. The molecule has 1 aliphatic rings. The van der Waals surface area contributed by atoms with Crippen molar-refractivity contribution < 1.29 is 9.59 Å². The first kappa shape index (κ1) is 13.0. The molecule has 5 nitrogen and oxygen atoms in total. The van der Waals surface area contributed by atoms with Crippen LogP contribution in [0.15, 0.2) is 0 Å². The van der Waals surface area contributed by atoms with Crippen molar-refractivity contribution >= 4 is 11.8 Å². The second-order valence-corrected chi connectivity index (χ2v) is 5.01. The molecule has 0 radical (unpaired) electrons. The monoisotopic (exact) mass is 227 g/mol. The van der Waals surface area contributed by atoms with Crippen molar-refractivity contribution in [3.05, 3.63) is 0 Å². The van der Waals surface area contributed by atoms with Crippen molar-refractivity contribution in [2.24, 2.45) is 16.9 Å². The maximum Gasteiger partial charge on any atom is 0.237 e. The van der Waals surface area contributed by atoms with Crippen LogP contribution in [0.4, 0.5) is 0 Å².